The molecule has 5 heterocycles. The summed E-state index contributed by atoms with van der Waals surface area (Å²) in [7, 11) is 0. The number of hydrogen-bond donors (Lipinski definition) is 3. The minimum absolute atomic E-state index is 0.0391. The van der Waals surface area contributed by atoms with Gasteiger partial charge in [-0.1, -0.05) is 74.5 Å². The summed E-state index contributed by atoms with van der Waals surface area (Å²) in [6, 6.07) is 16.0. The van der Waals surface area contributed by atoms with Crippen molar-refractivity contribution >= 4 is 52.2 Å². The van der Waals surface area contributed by atoms with E-state index in [4.69, 9.17) is 14.7 Å². The maximum absolute atomic E-state index is 14.4. The highest BCUT2D eigenvalue weighted by Gasteiger charge is 2.43. The number of hydrogen-bond acceptors (Lipinski definition) is 10. The first kappa shape index (κ1) is 35.5. The Morgan fingerprint density at radius 3 is 2.02 bits per heavy atom. The Labute approximate surface area is 310 Å². The molecule has 0 radical (unpaired) electrons. The fraction of sp³-hybridized carbons (Fsp3) is 0.395. The Morgan fingerprint density at radius 1 is 0.808 bits per heavy atom. The maximum atomic E-state index is 14.4. The summed E-state index contributed by atoms with van der Waals surface area (Å²) in [4.78, 5) is 71.6. The van der Waals surface area contributed by atoms with Crippen LogP contribution in [0.25, 0.3) is 0 Å². The van der Waals surface area contributed by atoms with E-state index in [0.717, 1.165) is 17.5 Å². The summed E-state index contributed by atoms with van der Waals surface area (Å²) in [6.07, 6.45) is 1.48. The third kappa shape index (κ3) is 7.63. The third-order valence-electron chi connectivity index (χ3n) is 9.62. The van der Waals surface area contributed by atoms with Crippen molar-refractivity contribution in [3.63, 3.8) is 0 Å². The molecule has 1 fully saturated rings. The Kier molecular flexibility index (Phi) is 10.5. The largest absolute Gasteiger partial charge is 0.474 e. The van der Waals surface area contributed by atoms with E-state index >= 15 is 0 Å². The van der Waals surface area contributed by atoms with E-state index in [0.29, 0.717) is 35.3 Å². The van der Waals surface area contributed by atoms with Gasteiger partial charge in [-0.05, 0) is 43.2 Å². The van der Waals surface area contributed by atoms with Crippen LogP contribution in [0.2, 0.25) is 0 Å². The highest BCUT2D eigenvalue weighted by molar-refractivity contribution is 7.10. The van der Waals surface area contributed by atoms with E-state index in [1.54, 1.807) is 22.6 Å². The lowest BCUT2D eigenvalue weighted by Gasteiger charge is -2.29. The quantitative estimate of drug-likeness (QED) is 0.269. The number of carbonyl (C=O) groups is 4. The number of carbonyl (C=O) groups excluding carboxylic acids is 4. The van der Waals surface area contributed by atoms with Crippen LogP contribution in [0.3, 0.4) is 0 Å². The van der Waals surface area contributed by atoms with Gasteiger partial charge in [0.15, 0.2) is 6.04 Å². The van der Waals surface area contributed by atoms with E-state index in [2.05, 4.69) is 20.9 Å². The van der Waals surface area contributed by atoms with Crippen LogP contribution in [-0.4, -0.2) is 75.2 Å². The van der Waals surface area contributed by atoms with Gasteiger partial charge in [0.25, 0.3) is 11.8 Å². The van der Waals surface area contributed by atoms with Gasteiger partial charge >= 0.3 is 0 Å². The molecule has 6 atom stereocenters. The summed E-state index contributed by atoms with van der Waals surface area (Å²) >= 11 is 2.57. The second-order valence-corrected chi connectivity index (χ2v) is 15.5. The molecule has 52 heavy (non-hydrogen) atoms. The van der Waals surface area contributed by atoms with Gasteiger partial charge in [-0.25, -0.2) is 15.0 Å². The van der Waals surface area contributed by atoms with Crippen LogP contribution in [0.5, 0.6) is 0 Å². The average molecular weight is 740 g/mol. The topological polar surface area (TPSA) is 155 Å². The molecule has 14 heteroatoms. The number of thiazole rings is 2. The molecule has 0 aliphatic carbocycles. The average Bonchev–Trinajstić information content (AvgIpc) is 3.97. The van der Waals surface area contributed by atoms with Crippen molar-refractivity contribution in [1.82, 2.24) is 30.8 Å². The molecule has 1 saturated heterocycles. The maximum Gasteiger partial charge on any atom is 0.271 e. The van der Waals surface area contributed by atoms with Crippen molar-refractivity contribution in [2.24, 2.45) is 10.9 Å². The molecule has 4 amide bonds. The summed E-state index contributed by atoms with van der Waals surface area (Å²) in [5.41, 5.74) is 2.24. The van der Waals surface area contributed by atoms with Crippen molar-refractivity contribution in [3.8, 4) is 0 Å². The third-order valence-corrected chi connectivity index (χ3v) is 11.5. The standard InChI is InChI=1S/C38H41N7O5S2/c1-21(2)30-37-42-28(20-52-37)32(46)39-25(17-23-11-6-4-7-12-23)36-41-27(19-51-36)33(47)40-26(18-24-13-8-5-9-14-24)38(49)45-16-10-15-29(45)35-44-31(22(3)50-35)34(48)43-30/h4-9,11-14,19-22,25-26,29-31H,10,15-18H2,1-3H3,(H,39,46)(H,40,47)(H,43,48)/t22-,25-,26+,29+,30?,31+/m1/s1. The normalized spacial score (nSPS) is 25.4. The van der Waals surface area contributed by atoms with Crippen molar-refractivity contribution in [2.75, 3.05) is 6.54 Å². The zero-order valence-electron chi connectivity index (χ0n) is 29.2. The molecule has 2 aromatic heterocycles. The van der Waals surface area contributed by atoms with Crippen molar-refractivity contribution in [3.05, 3.63) is 104 Å². The van der Waals surface area contributed by atoms with Gasteiger partial charge < -0.3 is 25.6 Å². The molecule has 3 N–H and O–H groups in total. The second-order valence-electron chi connectivity index (χ2n) is 13.7. The van der Waals surface area contributed by atoms with Gasteiger partial charge in [0.05, 0.1) is 12.1 Å². The Morgan fingerprint density at radius 2 is 1.38 bits per heavy atom. The van der Waals surface area contributed by atoms with Gasteiger partial charge in [-0.2, -0.15) is 0 Å². The fourth-order valence-electron chi connectivity index (χ4n) is 6.85. The summed E-state index contributed by atoms with van der Waals surface area (Å²) in [5, 5.41) is 13.7. The molecule has 270 valence electrons. The molecule has 7 rings (SSSR count). The van der Waals surface area contributed by atoms with E-state index in [1.807, 2.05) is 74.5 Å². The predicted octanol–water partition coefficient (Wildman–Crippen LogP) is 4.66. The van der Waals surface area contributed by atoms with E-state index in [9.17, 15) is 19.2 Å². The summed E-state index contributed by atoms with van der Waals surface area (Å²) in [6.45, 7) is 6.22. The van der Waals surface area contributed by atoms with Gasteiger partial charge in [0.2, 0.25) is 17.7 Å². The molecular weight excluding hydrogens is 699 g/mol. The monoisotopic (exact) mass is 739 g/mol. The fourth-order valence-corrected chi connectivity index (χ4v) is 8.72. The van der Waals surface area contributed by atoms with E-state index in [1.165, 1.54) is 22.7 Å². The van der Waals surface area contributed by atoms with Crippen LogP contribution in [0, 0.1) is 5.92 Å². The molecule has 3 aliphatic rings. The molecule has 12 nitrogen and oxygen atoms in total. The zero-order chi connectivity index (χ0) is 36.4. The lowest BCUT2D eigenvalue weighted by molar-refractivity contribution is -0.133. The van der Waals surface area contributed by atoms with Crippen LogP contribution in [0.15, 0.2) is 76.4 Å². The lowest BCUT2D eigenvalue weighted by Crippen LogP contribution is -2.52. The molecule has 4 aromatic rings. The van der Waals surface area contributed by atoms with Crippen LogP contribution < -0.4 is 16.0 Å². The first-order valence-corrected chi connectivity index (χ1v) is 19.4. The van der Waals surface area contributed by atoms with Crippen molar-refractivity contribution in [2.45, 2.75) is 82.8 Å². The Balaban J connectivity index is 1.27. The van der Waals surface area contributed by atoms with E-state index in [-0.39, 0.29) is 35.5 Å². The molecule has 0 saturated carbocycles. The first-order valence-electron chi connectivity index (χ1n) is 17.6. The van der Waals surface area contributed by atoms with Gasteiger partial charge in [0, 0.05) is 23.7 Å². The molecule has 6 bridgehead atoms. The van der Waals surface area contributed by atoms with Crippen molar-refractivity contribution in [1.29, 1.82) is 0 Å². The van der Waals surface area contributed by atoms with Crippen LogP contribution in [0.4, 0.5) is 0 Å². The Hall–Kier alpha value is -4.95. The molecular formula is C38H41N7O5S2. The first-order chi connectivity index (χ1) is 25.1. The minimum Gasteiger partial charge on any atom is -0.474 e. The smallest absolute Gasteiger partial charge is 0.271 e. The van der Waals surface area contributed by atoms with E-state index < -0.39 is 48.1 Å². The highest BCUT2D eigenvalue weighted by atomic mass is 32.1. The zero-order valence-corrected chi connectivity index (χ0v) is 30.8. The number of fused-ring (bicyclic) bond motifs is 7. The van der Waals surface area contributed by atoms with Gasteiger partial charge in [-0.3, -0.25) is 19.2 Å². The van der Waals surface area contributed by atoms with Gasteiger partial charge in [-0.15, -0.1) is 22.7 Å². The minimum atomic E-state index is -0.904. The number of amides is 4. The van der Waals surface area contributed by atoms with Gasteiger partial charge in [0.1, 0.15) is 39.6 Å². The SMILES string of the molecule is CC(C)C1NC(=O)[C@H]2N=C(O[C@@H]2C)[C@@H]2CCCN2C(=O)[C@H](Cc2ccccc2)NC(=O)c2csc(n2)[C@@H](Cc2ccccc2)NC(=O)c2csc1n2. The highest BCUT2D eigenvalue weighted by Crippen LogP contribution is 2.30. The molecule has 2 aromatic carbocycles. The molecule has 0 spiro atoms. The van der Waals surface area contributed by atoms with Crippen LogP contribution in [-0.2, 0) is 27.2 Å². The number of rotatable bonds is 5. The van der Waals surface area contributed by atoms with Crippen LogP contribution in [0.1, 0.15) is 87.8 Å². The van der Waals surface area contributed by atoms with Crippen LogP contribution >= 0.6 is 22.7 Å². The van der Waals surface area contributed by atoms with Crippen molar-refractivity contribution < 1.29 is 23.9 Å². The number of nitrogens with zero attached hydrogens (tertiary/aromatic N) is 4. The number of nitrogens with one attached hydrogen (secondary N) is 3. The number of benzene rings is 2. The summed E-state index contributed by atoms with van der Waals surface area (Å²) in [5.74, 6) is -1.17. The molecule has 3 aliphatic heterocycles. The number of aliphatic imine (C=N–C) groups is 1. The Bertz CT molecular complexity index is 1960. The lowest BCUT2D eigenvalue weighted by atomic mass is 10.0. The summed E-state index contributed by atoms with van der Waals surface area (Å²) < 4.78 is 6.19. The number of ether oxygens (including phenoxy) is 1. The molecule has 1 unspecified atom stereocenters. The second kappa shape index (κ2) is 15.3. The number of aromatic nitrogens is 2. The predicted molar refractivity (Wildman–Crippen MR) is 198 cm³/mol.